The van der Waals surface area contributed by atoms with Crippen LogP contribution in [0.1, 0.15) is 31.9 Å². The molecule has 0 bridgehead atoms. The summed E-state index contributed by atoms with van der Waals surface area (Å²) in [6.07, 6.45) is 0. The smallest absolute Gasteiger partial charge is 0.122 e. The first-order valence-corrected chi connectivity index (χ1v) is 6.11. The SMILES string of the molecule is COc1ccc(CNCS)cc1C(C)(C)C. The number of rotatable bonds is 4. The van der Waals surface area contributed by atoms with Gasteiger partial charge in [-0.05, 0) is 22.6 Å². The van der Waals surface area contributed by atoms with Gasteiger partial charge >= 0.3 is 0 Å². The Morgan fingerprint density at radius 1 is 1.31 bits per heavy atom. The first kappa shape index (κ1) is 13.4. The molecule has 0 radical (unpaired) electrons. The molecule has 0 aromatic heterocycles. The van der Waals surface area contributed by atoms with Gasteiger partial charge in [-0.1, -0.05) is 32.9 Å². The fourth-order valence-corrected chi connectivity index (χ4v) is 1.76. The van der Waals surface area contributed by atoms with Crippen molar-refractivity contribution in [2.75, 3.05) is 13.0 Å². The third-order valence-electron chi connectivity index (χ3n) is 2.51. The van der Waals surface area contributed by atoms with Gasteiger partial charge in [-0.15, -0.1) is 0 Å². The number of thiol groups is 1. The maximum absolute atomic E-state index is 5.40. The Balaban J connectivity index is 3.02. The summed E-state index contributed by atoms with van der Waals surface area (Å²) in [4.78, 5) is 0. The lowest BCUT2D eigenvalue weighted by Gasteiger charge is -2.23. The van der Waals surface area contributed by atoms with E-state index in [1.54, 1.807) is 7.11 Å². The van der Waals surface area contributed by atoms with Crippen molar-refractivity contribution >= 4 is 12.6 Å². The Labute approximate surface area is 104 Å². The normalized spacial score (nSPS) is 11.6. The molecule has 0 spiro atoms. The first-order valence-electron chi connectivity index (χ1n) is 5.48. The van der Waals surface area contributed by atoms with Gasteiger partial charge < -0.3 is 10.1 Å². The maximum Gasteiger partial charge on any atom is 0.122 e. The summed E-state index contributed by atoms with van der Waals surface area (Å²) in [5.74, 6) is 1.65. The van der Waals surface area contributed by atoms with Gasteiger partial charge in [-0.25, -0.2) is 0 Å². The number of hydrogen-bond acceptors (Lipinski definition) is 3. The summed E-state index contributed by atoms with van der Waals surface area (Å²) in [5.41, 5.74) is 2.61. The van der Waals surface area contributed by atoms with Crippen molar-refractivity contribution in [2.45, 2.75) is 32.7 Å². The van der Waals surface area contributed by atoms with E-state index in [0.29, 0.717) is 5.88 Å². The van der Waals surface area contributed by atoms with E-state index in [0.717, 1.165) is 12.3 Å². The van der Waals surface area contributed by atoms with Crippen molar-refractivity contribution in [2.24, 2.45) is 0 Å². The molecular weight excluding hydrogens is 218 g/mol. The van der Waals surface area contributed by atoms with Crippen LogP contribution >= 0.6 is 12.6 Å². The molecule has 0 saturated heterocycles. The number of benzene rings is 1. The van der Waals surface area contributed by atoms with Crippen LogP contribution in [0.4, 0.5) is 0 Å². The predicted molar refractivity (Wildman–Crippen MR) is 72.4 cm³/mol. The summed E-state index contributed by atoms with van der Waals surface area (Å²) < 4.78 is 5.40. The summed E-state index contributed by atoms with van der Waals surface area (Å²) in [7, 11) is 1.72. The lowest BCUT2D eigenvalue weighted by molar-refractivity contribution is 0.397. The summed E-state index contributed by atoms with van der Waals surface area (Å²) in [6.45, 7) is 7.43. The summed E-state index contributed by atoms with van der Waals surface area (Å²) >= 11 is 4.14. The zero-order valence-corrected chi connectivity index (χ0v) is 11.4. The molecule has 0 amide bonds. The quantitative estimate of drug-likeness (QED) is 0.622. The standard InChI is InChI=1S/C13H21NOS/c1-13(2,3)11-7-10(8-14-9-16)5-6-12(11)15-4/h5-7,14,16H,8-9H2,1-4H3. The molecule has 1 aromatic rings. The van der Waals surface area contributed by atoms with E-state index in [2.05, 4.69) is 50.8 Å². The molecule has 16 heavy (non-hydrogen) atoms. The van der Waals surface area contributed by atoms with Crippen molar-refractivity contribution in [1.29, 1.82) is 0 Å². The fourth-order valence-electron chi connectivity index (χ4n) is 1.65. The van der Waals surface area contributed by atoms with Crippen LogP contribution in [0.5, 0.6) is 5.75 Å². The molecule has 1 N–H and O–H groups in total. The molecule has 2 nitrogen and oxygen atoms in total. The van der Waals surface area contributed by atoms with Crippen LogP contribution < -0.4 is 10.1 Å². The van der Waals surface area contributed by atoms with Crippen molar-refractivity contribution in [3.05, 3.63) is 29.3 Å². The first-order chi connectivity index (χ1) is 7.49. The summed E-state index contributed by atoms with van der Waals surface area (Å²) in [6, 6.07) is 6.33. The van der Waals surface area contributed by atoms with Gasteiger partial charge in [0.2, 0.25) is 0 Å². The maximum atomic E-state index is 5.40. The lowest BCUT2D eigenvalue weighted by atomic mass is 9.85. The average Bonchev–Trinajstić information content (AvgIpc) is 2.24. The van der Waals surface area contributed by atoms with E-state index in [9.17, 15) is 0 Å². The predicted octanol–water partition coefficient (Wildman–Crippen LogP) is 2.97. The monoisotopic (exact) mass is 239 g/mol. The van der Waals surface area contributed by atoms with Gasteiger partial charge in [0.1, 0.15) is 5.75 Å². The Kier molecular flexibility index (Phi) is 4.69. The number of hydrogen-bond donors (Lipinski definition) is 2. The van der Waals surface area contributed by atoms with Crippen LogP contribution in [0.25, 0.3) is 0 Å². The molecular formula is C13H21NOS. The molecule has 3 heteroatoms. The minimum absolute atomic E-state index is 0.0995. The molecule has 1 rings (SSSR count). The number of nitrogens with one attached hydrogen (secondary N) is 1. The van der Waals surface area contributed by atoms with Crippen LogP contribution in [-0.4, -0.2) is 13.0 Å². The molecule has 0 aliphatic carbocycles. The molecule has 0 atom stereocenters. The average molecular weight is 239 g/mol. The molecule has 0 aliphatic rings. The minimum atomic E-state index is 0.0995. The van der Waals surface area contributed by atoms with Gasteiger partial charge in [-0.3, -0.25) is 0 Å². The van der Waals surface area contributed by atoms with Gasteiger partial charge in [0, 0.05) is 12.4 Å². The van der Waals surface area contributed by atoms with E-state index >= 15 is 0 Å². The van der Waals surface area contributed by atoms with Crippen molar-refractivity contribution < 1.29 is 4.74 Å². The van der Waals surface area contributed by atoms with Crippen LogP contribution in [-0.2, 0) is 12.0 Å². The lowest BCUT2D eigenvalue weighted by Crippen LogP contribution is -2.15. The van der Waals surface area contributed by atoms with Crippen molar-refractivity contribution in [3.8, 4) is 5.75 Å². The third kappa shape index (κ3) is 3.42. The fraction of sp³-hybridized carbons (Fsp3) is 0.538. The van der Waals surface area contributed by atoms with E-state index in [4.69, 9.17) is 4.74 Å². The molecule has 0 saturated carbocycles. The Morgan fingerprint density at radius 3 is 2.50 bits per heavy atom. The topological polar surface area (TPSA) is 21.3 Å². The Bertz CT molecular complexity index is 344. The highest BCUT2D eigenvalue weighted by Gasteiger charge is 2.18. The molecule has 1 aromatic carbocycles. The van der Waals surface area contributed by atoms with Crippen LogP contribution in [0.15, 0.2) is 18.2 Å². The highest BCUT2D eigenvalue weighted by molar-refractivity contribution is 7.80. The van der Waals surface area contributed by atoms with Crippen molar-refractivity contribution in [1.82, 2.24) is 5.32 Å². The van der Waals surface area contributed by atoms with Gasteiger partial charge in [0.25, 0.3) is 0 Å². The zero-order valence-electron chi connectivity index (χ0n) is 10.5. The highest BCUT2D eigenvalue weighted by atomic mass is 32.1. The highest BCUT2D eigenvalue weighted by Crippen LogP contribution is 2.31. The largest absolute Gasteiger partial charge is 0.496 e. The molecule has 0 fully saturated rings. The Hall–Kier alpha value is -0.670. The van der Waals surface area contributed by atoms with Gasteiger partial charge in [0.15, 0.2) is 0 Å². The number of ether oxygens (including phenoxy) is 1. The van der Waals surface area contributed by atoms with E-state index in [1.807, 2.05) is 6.07 Å². The molecule has 0 unspecified atom stereocenters. The zero-order chi connectivity index (χ0) is 12.2. The van der Waals surface area contributed by atoms with Crippen LogP contribution in [0.3, 0.4) is 0 Å². The second kappa shape index (κ2) is 5.60. The van der Waals surface area contributed by atoms with E-state index in [-0.39, 0.29) is 5.41 Å². The van der Waals surface area contributed by atoms with Crippen molar-refractivity contribution in [3.63, 3.8) is 0 Å². The number of methoxy groups -OCH3 is 1. The van der Waals surface area contributed by atoms with Crippen LogP contribution in [0, 0.1) is 0 Å². The van der Waals surface area contributed by atoms with Gasteiger partial charge in [-0.2, -0.15) is 12.6 Å². The van der Waals surface area contributed by atoms with E-state index < -0.39 is 0 Å². The molecule has 0 aliphatic heterocycles. The second-order valence-electron chi connectivity index (χ2n) is 4.87. The van der Waals surface area contributed by atoms with Gasteiger partial charge in [0.05, 0.1) is 7.11 Å². The van der Waals surface area contributed by atoms with Crippen LogP contribution in [0.2, 0.25) is 0 Å². The molecule has 0 heterocycles. The Morgan fingerprint density at radius 2 is 2.00 bits per heavy atom. The third-order valence-corrected chi connectivity index (χ3v) is 2.74. The van der Waals surface area contributed by atoms with E-state index in [1.165, 1.54) is 11.1 Å². The minimum Gasteiger partial charge on any atom is -0.496 e. The second-order valence-corrected chi connectivity index (χ2v) is 5.19. The molecule has 90 valence electrons. The summed E-state index contributed by atoms with van der Waals surface area (Å²) in [5, 5.41) is 3.20.